The summed E-state index contributed by atoms with van der Waals surface area (Å²) in [5.41, 5.74) is 2.77. The summed E-state index contributed by atoms with van der Waals surface area (Å²) in [6, 6.07) is 14.2. The van der Waals surface area contributed by atoms with Crippen LogP contribution in [-0.2, 0) is 19.7 Å². The van der Waals surface area contributed by atoms with E-state index < -0.39 is 6.61 Å². The summed E-state index contributed by atoms with van der Waals surface area (Å²) in [5, 5.41) is 12.7. The minimum atomic E-state index is -2.83. The van der Waals surface area contributed by atoms with Gasteiger partial charge in [-0.3, -0.25) is 0 Å². The number of aliphatic hydroxyl groups excluding tert-OH is 1. The van der Waals surface area contributed by atoms with E-state index in [1.54, 1.807) is 12.1 Å². The Morgan fingerprint density at radius 1 is 1.14 bits per heavy atom. The Morgan fingerprint density at radius 2 is 1.79 bits per heavy atom. The first kappa shape index (κ1) is 24.1. The summed E-state index contributed by atoms with van der Waals surface area (Å²) in [6.45, 7) is 0.860. The third-order valence-corrected chi connectivity index (χ3v) is 3.95. The number of halogens is 3. The predicted octanol–water partition coefficient (Wildman–Crippen LogP) is 4.00. The molecule has 0 aliphatic carbocycles. The number of rotatable bonds is 8. The zero-order valence-electron chi connectivity index (χ0n) is 15.9. The number of nitrogens with zero attached hydrogens (tertiary/aromatic N) is 2. The maximum Gasteiger partial charge on any atom is 0.387 e. The predicted molar refractivity (Wildman–Crippen MR) is 117 cm³/mol. The van der Waals surface area contributed by atoms with Gasteiger partial charge >= 0.3 is 6.61 Å². The molecule has 0 radical (unpaired) electrons. The summed E-state index contributed by atoms with van der Waals surface area (Å²) in [5.74, 6) is 0.857. The van der Waals surface area contributed by atoms with Gasteiger partial charge in [0, 0.05) is 20.1 Å². The number of aliphatic imine (C=N–C) groups is 1. The van der Waals surface area contributed by atoms with E-state index in [-0.39, 0.29) is 36.3 Å². The summed E-state index contributed by atoms with van der Waals surface area (Å²) >= 11 is 0. The van der Waals surface area contributed by atoms with Crippen molar-refractivity contribution >= 4 is 29.9 Å². The number of guanidine groups is 1. The molecule has 0 spiro atoms. The Labute approximate surface area is 181 Å². The number of hydrogen-bond acceptors (Lipinski definition) is 3. The maximum atomic E-state index is 12.2. The molecule has 0 unspecified atom stereocenters. The van der Waals surface area contributed by atoms with E-state index in [1.165, 1.54) is 12.1 Å². The van der Waals surface area contributed by atoms with Crippen LogP contribution >= 0.6 is 24.0 Å². The number of alkyl halides is 2. The lowest BCUT2D eigenvalue weighted by molar-refractivity contribution is -0.0498. The van der Waals surface area contributed by atoms with Crippen LogP contribution in [0.25, 0.3) is 0 Å². The standard InChI is InChI=1S/C20H25F2N3O2.HI/c1-3-23-20(24-12-16-6-4-5-7-17(16)14-26)25(2)13-15-8-10-18(11-9-15)27-19(21)22;/h4-11,19,26H,3,12-14H2,1-2H3,(H,23,24);1H. The second-order valence-electron chi connectivity index (χ2n) is 5.98. The van der Waals surface area contributed by atoms with Crippen molar-refractivity contribution in [3.05, 3.63) is 65.2 Å². The van der Waals surface area contributed by atoms with Gasteiger partial charge < -0.3 is 20.1 Å². The lowest BCUT2D eigenvalue weighted by atomic mass is 10.1. The molecule has 2 N–H and O–H groups in total. The molecule has 0 saturated heterocycles. The van der Waals surface area contributed by atoms with Crippen LogP contribution in [0.15, 0.2) is 53.5 Å². The van der Waals surface area contributed by atoms with Gasteiger partial charge in [0.2, 0.25) is 0 Å². The zero-order valence-corrected chi connectivity index (χ0v) is 18.3. The van der Waals surface area contributed by atoms with Crippen LogP contribution in [0.3, 0.4) is 0 Å². The molecule has 0 heterocycles. The molecule has 154 valence electrons. The van der Waals surface area contributed by atoms with Crippen molar-refractivity contribution in [3.8, 4) is 5.75 Å². The number of ether oxygens (including phenoxy) is 1. The highest BCUT2D eigenvalue weighted by atomic mass is 127. The van der Waals surface area contributed by atoms with Crippen LogP contribution in [0, 0.1) is 0 Å². The molecule has 0 bridgehead atoms. The highest BCUT2D eigenvalue weighted by Crippen LogP contribution is 2.16. The van der Waals surface area contributed by atoms with Crippen molar-refractivity contribution < 1.29 is 18.6 Å². The first-order valence-electron chi connectivity index (χ1n) is 8.74. The Kier molecular flexibility index (Phi) is 10.8. The van der Waals surface area contributed by atoms with Gasteiger partial charge in [0.05, 0.1) is 13.2 Å². The van der Waals surface area contributed by atoms with Gasteiger partial charge in [-0.2, -0.15) is 8.78 Å². The SMILES string of the molecule is CCNC(=NCc1ccccc1CO)N(C)Cc1ccc(OC(F)F)cc1.I. The molecule has 0 fully saturated rings. The van der Waals surface area contributed by atoms with Crippen LogP contribution in [-0.4, -0.2) is 36.2 Å². The number of aliphatic hydroxyl groups is 1. The normalized spacial score (nSPS) is 11.1. The molecule has 2 aromatic carbocycles. The molecule has 0 aromatic heterocycles. The van der Waals surface area contributed by atoms with E-state index in [0.29, 0.717) is 19.6 Å². The molecule has 8 heteroatoms. The highest BCUT2D eigenvalue weighted by Gasteiger charge is 2.09. The molecule has 5 nitrogen and oxygen atoms in total. The van der Waals surface area contributed by atoms with Crippen molar-refractivity contribution in [3.63, 3.8) is 0 Å². The molecule has 0 atom stereocenters. The van der Waals surface area contributed by atoms with Crippen molar-refractivity contribution in [2.75, 3.05) is 13.6 Å². The molecular formula is C20H26F2IN3O2. The third kappa shape index (κ3) is 7.59. The van der Waals surface area contributed by atoms with Crippen LogP contribution in [0.1, 0.15) is 23.6 Å². The van der Waals surface area contributed by atoms with Gasteiger partial charge in [-0.1, -0.05) is 36.4 Å². The summed E-state index contributed by atoms with van der Waals surface area (Å²) in [7, 11) is 1.91. The molecule has 0 saturated carbocycles. The fourth-order valence-electron chi connectivity index (χ4n) is 2.62. The molecule has 2 aromatic rings. The highest BCUT2D eigenvalue weighted by molar-refractivity contribution is 14.0. The molecule has 28 heavy (non-hydrogen) atoms. The number of hydrogen-bond donors (Lipinski definition) is 2. The Hall–Kier alpha value is -1.94. The van der Waals surface area contributed by atoms with Crippen LogP contribution in [0.2, 0.25) is 0 Å². The minimum absolute atomic E-state index is 0. The Balaban J connectivity index is 0.00000392. The van der Waals surface area contributed by atoms with E-state index in [9.17, 15) is 13.9 Å². The van der Waals surface area contributed by atoms with Gasteiger partial charge in [-0.15, -0.1) is 24.0 Å². The number of benzene rings is 2. The number of nitrogens with one attached hydrogen (secondary N) is 1. The zero-order chi connectivity index (χ0) is 19.6. The van der Waals surface area contributed by atoms with E-state index in [0.717, 1.165) is 22.6 Å². The fourth-order valence-corrected chi connectivity index (χ4v) is 2.62. The molecule has 0 aliphatic heterocycles. The Morgan fingerprint density at radius 3 is 2.36 bits per heavy atom. The van der Waals surface area contributed by atoms with Gasteiger partial charge in [0.1, 0.15) is 5.75 Å². The average Bonchev–Trinajstić information content (AvgIpc) is 2.66. The third-order valence-electron chi connectivity index (χ3n) is 3.95. The summed E-state index contributed by atoms with van der Waals surface area (Å²) < 4.78 is 28.8. The smallest absolute Gasteiger partial charge is 0.387 e. The van der Waals surface area contributed by atoms with Gasteiger partial charge in [0.15, 0.2) is 5.96 Å². The molecular weight excluding hydrogens is 479 g/mol. The largest absolute Gasteiger partial charge is 0.435 e. The molecule has 2 rings (SSSR count). The topological polar surface area (TPSA) is 57.1 Å². The fraction of sp³-hybridized carbons (Fsp3) is 0.350. The van der Waals surface area contributed by atoms with E-state index in [2.05, 4.69) is 15.0 Å². The van der Waals surface area contributed by atoms with Gasteiger partial charge in [0.25, 0.3) is 0 Å². The van der Waals surface area contributed by atoms with Gasteiger partial charge in [-0.25, -0.2) is 4.99 Å². The lowest BCUT2D eigenvalue weighted by Gasteiger charge is -2.22. The van der Waals surface area contributed by atoms with Crippen LogP contribution in [0.5, 0.6) is 5.75 Å². The lowest BCUT2D eigenvalue weighted by Crippen LogP contribution is -2.38. The van der Waals surface area contributed by atoms with E-state index >= 15 is 0 Å². The van der Waals surface area contributed by atoms with E-state index in [4.69, 9.17) is 0 Å². The van der Waals surface area contributed by atoms with Crippen LogP contribution < -0.4 is 10.1 Å². The summed E-state index contributed by atoms with van der Waals surface area (Å²) in [6.07, 6.45) is 0. The van der Waals surface area contributed by atoms with Crippen molar-refractivity contribution in [1.82, 2.24) is 10.2 Å². The van der Waals surface area contributed by atoms with Crippen molar-refractivity contribution in [2.45, 2.75) is 33.2 Å². The maximum absolute atomic E-state index is 12.2. The molecule has 0 amide bonds. The second-order valence-corrected chi connectivity index (χ2v) is 5.98. The van der Waals surface area contributed by atoms with Gasteiger partial charge in [-0.05, 0) is 35.7 Å². The second kappa shape index (κ2) is 12.5. The monoisotopic (exact) mass is 505 g/mol. The quantitative estimate of drug-likeness (QED) is 0.324. The van der Waals surface area contributed by atoms with Crippen LogP contribution in [0.4, 0.5) is 8.78 Å². The first-order valence-corrected chi connectivity index (χ1v) is 8.74. The van der Waals surface area contributed by atoms with Crippen molar-refractivity contribution in [2.24, 2.45) is 4.99 Å². The Bertz CT molecular complexity index is 742. The molecule has 0 aliphatic rings. The van der Waals surface area contributed by atoms with E-state index in [1.807, 2.05) is 43.1 Å². The average molecular weight is 505 g/mol. The van der Waals surface area contributed by atoms with Crippen molar-refractivity contribution in [1.29, 1.82) is 0 Å². The first-order chi connectivity index (χ1) is 13.0. The summed E-state index contributed by atoms with van der Waals surface area (Å²) in [4.78, 5) is 6.59. The minimum Gasteiger partial charge on any atom is -0.435 e.